The van der Waals surface area contributed by atoms with Crippen LogP contribution in [0.1, 0.15) is 62.3 Å². The number of nitrogens with zero attached hydrogens (tertiary/aromatic N) is 1. The van der Waals surface area contributed by atoms with Gasteiger partial charge in [-0.2, -0.15) is 0 Å². The lowest BCUT2D eigenvalue weighted by atomic mass is 9.70. The van der Waals surface area contributed by atoms with Gasteiger partial charge >= 0.3 is 0 Å². The Morgan fingerprint density at radius 3 is 1.67 bits per heavy atom. The first-order valence-corrected chi connectivity index (χ1v) is 17.4. The van der Waals surface area contributed by atoms with E-state index >= 15 is 0 Å². The van der Waals surface area contributed by atoms with Gasteiger partial charge in [0.2, 0.25) is 5.91 Å². The van der Waals surface area contributed by atoms with Crippen molar-refractivity contribution in [3.63, 3.8) is 0 Å². The van der Waals surface area contributed by atoms with Gasteiger partial charge in [-0.1, -0.05) is 56.6 Å². The smallest absolute Gasteiger partial charge is 0.227 e. The van der Waals surface area contributed by atoms with Crippen molar-refractivity contribution >= 4 is 5.91 Å². The van der Waals surface area contributed by atoms with Gasteiger partial charge in [0.05, 0.1) is 12.7 Å². The molecule has 1 spiro atoms. The van der Waals surface area contributed by atoms with Crippen LogP contribution in [0.15, 0.2) is 36.4 Å². The standard InChI is InChI=1S/C39H47NO11/c1-38(2,3)37(49)40-15-13-39(14-16-40)25-18-21(6-10-27-31(43)35(47)33(45)29(50-27)12-17-41)4-8-23(25)24-9-5-22(19-26(24)39)7-11-28-32(44)36(48)34(46)30(20-42)51-28/h4-5,8-9,18-19,27-36,41-48H,12-17,20H2,1-3H3/t27-,28-,29-,30-,31-,32-,33-,34-,35-,36-/m1/s1. The zero-order valence-corrected chi connectivity index (χ0v) is 28.9. The van der Waals surface area contributed by atoms with Gasteiger partial charge in [-0.25, -0.2) is 0 Å². The fourth-order valence-electron chi connectivity index (χ4n) is 7.72. The SMILES string of the molecule is CC(C)(C)C(=O)N1CCC2(CC1)c1cc(C#C[C@H]3O[C@H](CO)[C@@H](O)[C@H](O)[C@@H]3O)ccc1-c1ccc(C#C[C@H]3O[C@H](CCO)[C@@H](O)[C@H](O)[C@@H]3O)cc12. The molecule has 4 aliphatic rings. The van der Waals surface area contributed by atoms with Crippen LogP contribution in [0.2, 0.25) is 0 Å². The Bertz CT molecular complexity index is 1740. The minimum atomic E-state index is -1.53. The van der Waals surface area contributed by atoms with Crippen LogP contribution in [0.5, 0.6) is 0 Å². The predicted octanol–water partition coefficient (Wildman–Crippen LogP) is -0.600. The molecular weight excluding hydrogens is 658 g/mol. The Hall–Kier alpha value is -3.37. The maximum absolute atomic E-state index is 13.3. The topological polar surface area (TPSA) is 201 Å². The molecule has 10 atom stereocenters. The Labute approximate surface area is 297 Å². The van der Waals surface area contributed by atoms with E-state index in [4.69, 9.17) is 9.47 Å². The summed E-state index contributed by atoms with van der Waals surface area (Å²) in [5.41, 5.74) is 4.33. The van der Waals surface area contributed by atoms with Crippen molar-refractivity contribution in [1.82, 2.24) is 4.90 Å². The third kappa shape index (κ3) is 6.95. The van der Waals surface area contributed by atoms with Crippen molar-refractivity contribution in [3.8, 4) is 34.8 Å². The number of ether oxygens (including phenoxy) is 2. The number of likely N-dealkylation sites (tertiary alicyclic amines) is 1. The molecule has 51 heavy (non-hydrogen) atoms. The lowest BCUT2D eigenvalue weighted by Gasteiger charge is -2.42. The Balaban J connectivity index is 1.34. The lowest BCUT2D eigenvalue weighted by Crippen LogP contribution is -2.58. The van der Waals surface area contributed by atoms with E-state index in [0.29, 0.717) is 37.1 Å². The van der Waals surface area contributed by atoms with Crippen molar-refractivity contribution in [2.24, 2.45) is 5.41 Å². The van der Waals surface area contributed by atoms with Crippen LogP contribution < -0.4 is 0 Å². The number of aliphatic hydroxyl groups is 8. The van der Waals surface area contributed by atoms with E-state index in [9.17, 15) is 45.6 Å². The monoisotopic (exact) mass is 705 g/mol. The highest BCUT2D eigenvalue weighted by Gasteiger charge is 2.47. The van der Waals surface area contributed by atoms with E-state index in [2.05, 4.69) is 23.7 Å². The highest BCUT2D eigenvalue weighted by molar-refractivity contribution is 5.84. The van der Waals surface area contributed by atoms with Crippen molar-refractivity contribution in [2.75, 3.05) is 26.3 Å². The summed E-state index contributed by atoms with van der Waals surface area (Å²) < 4.78 is 11.3. The average Bonchev–Trinajstić information content (AvgIpc) is 3.37. The Morgan fingerprint density at radius 2 is 1.22 bits per heavy atom. The second-order valence-corrected chi connectivity index (χ2v) is 15.0. The van der Waals surface area contributed by atoms with Gasteiger partial charge in [0.15, 0.2) is 0 Å². The van der Waals surface area contributed by atoms with Crippen molar-refractivity contribution in [3.05, 3.63) is 58.7 Å². The third-order valence-corrected chi connectivity index (χ3v) is 10.6. The van der Waals surface area contributed by atoms with Crippen molar-refractivity contribution in [1.29, 1.82) is 0 Å². The summed E-state index contributed by atoms with van der Waals surface area (Å²) in [5, 5.41) is 81.1. The molecule has 12 heteroatoms. The second kappa shape index (κ2) is 14.6. The molecule has 274 valence electrons. The number of carbonyl (C=O) groups is 1. The maximum atomic E-state index is 13.3. The minimum Gasteiger partial charge on any atom is -0.396 e. The molecule has 3 heterocycles. The number of fused-ring (bicyclic) bond motifs is 5. The number of rotatable bonds is 3. The summed E-state index contributed by atoms with van der Waals surface area (Å²) in [6, 6.07) is 11.7. The first-order valence-electron chi connectivity index (χ1n) is 17.4. The van der Waals surface area contributed by atoms with Gasteiger partial charge in [0, 0.05) is 41.7 Å². The van der Waals surface area contributed by atoms with E-state index in [1.807, 2.05) is 62.1 Å². The molecule has 6 rings (SSSR count). The van der Waals surface area contributed by atoms with E-state index in [1.54, 1.807) is 0 Å². The normalized spacial score (nSPS) is 32.6. The summed E-state index contributed by atoms with van der Waals surface area (Å²) >= 11 is 0. The van der Waals surface area contributed by atoms with Crippen LogP contribution in [0.3, 0.4) is 0 Å². The molecule has 0 unspecified atom stereocenters. The molecule has 12 nitrogen and oxygen atoms in total. The van der Waals surface area contributed by atoms with Crippen LogP contribution in [-0.2, 0) is 19.7 Å². The molecule has 3 fully saturated rings. The first kappa shape index (κ1) is 37.4. The zero-order valence-electron chi connectivity index (χ0n) is 28.9. The van der Waals surface area contributed by atoms with E-state index in [-0.39, 0.29) is 18.9 Å². The molecule has 2 aromatic rings. The molecule has 0 bridgehead atoms. The molecule has 3 aliphatic heterocycles. The van der Waals surface area contributed by atoms with Gasteiger partial charge in [0.1, 0.15) is 54.9 Å². The summed E-state index contributed by atoms with van der Waals surface area (Å²) in [6.07, 6.45) is -11.6. The summed E-state index contributed by atoms with van der Waals surface area (Å²) in [4.78, 5) is 15.2. The van der Waals surface area contributed by atoms with Crippen LogP contribution >= 0.6 is 0 Å². The fourth-order valence-corrected chi connectivity index (χ4v) is 7.72. The van der Waals surface area contributed by atoms with Crippen LogP contribution in [0.25, 0.3) is 11.1 Å². The number of hydrogen-bond acceptors (Lipinski definition) is 11. The van der Waals surface area contributed by atoms with Crippen LogP contribution in [0.4, 0.5) is 0 Å². The summed E-state index contributed by atoms with van der Waals surface area (Å²) in [5.74, 6) is 12.0. The number of aliphatic hydroxyl groups excluding tert-OH is 8. The molecule has 8 N–H and O–H groups in total. The Morgan fingerprint density at radius 1 is 0.745 bits per heavy atom. The van der Waals surface area contributed by atoms with Gasteiger partial charge < -0.3 is 55.2 Å². The fraction of sp³-hybridized carbons (Fsp3) is 0.564. The summed E-state index contributed by atoms with van der Waals surface area (Å²) in [7, 11) is 0. The van der Waals surface area contributed by atoms with Gasteiger partial charge in [-0.3, -0.25) is 4.79 Å². The summed E-state index contributed by atoms with van der Waals surface area (Å²) in [6.45, 7) is 5.96. The quantitative estimate of drug-likeness (QED) is 0.190. The van der Waals surface area contributed by atoms with Gasteiger partial charge in [-0.05, 0) is 65.8 Å². The molecule has 1 amide bonds. The van der Waals surface area contributed by atoms with E-state index in [1.165, 1.54) is 0 Å². The first-order chi connectivity index (χ1) is 24.2. The van der Waals surface area contributed by atoms with Gasteiger partial charge in [0.25, 0.3) is 0 Å². The number of hydrogen-bond donors (Lipinski definition) is 8. The maximum Gasteiger partial charge on any atom is 0.227 e. The minimum absolute atomic E-state index is 0.0758. The number of carbonyl (C=O) groups excluding carboxylic acids is 1. The number of amides is 1. The van der Waals surface area contributed by atoms with Crippen molar-refractivity contribution in [2.45, 2.75) is 106 Å². The highest BCUT2D eigenvalue weighted by atomic mass is 16.5. The molecule has 3 saturated heterocycles. The predicted molar refractivity (Wildman–Crippen MR) is 184 cm³/mol. The van der Waals surface area contributed by atoms with Crippen LogP contribution in [0, 0.1) is 29.1 Å². The van der Waals surface area contributed by atoms with E-state index < -0.39 is 78.5 Å². The second-order valence-electron chi connectivity index (χ2n) is 15.0. The molecule has 1 aliphatic carbocycles. The lowest BCUT2D eigenvalue weighted by molar-refractivity contribution is -0.214. The number of piperidine rings is 1. The third-order valence-electron chi connectivity index (χ3n) is 10.6. The van der Waals surface area contributed by atoms with Crippen molar-refractivity contribution < 1.29 is 55.1 Å². The molecular formula is C39H47NO11. The van der Waals surface area contributed by atoms with E-state index in [0.717, 1.165) is 22.3 Å². The average molecular weight is 706 g/mol. The number of benzene rings is 2. The Kier molecular flexibility index (Phi) is 10.7. The molecule has 0 radical (unpaired) electrons. The molecule has 2 aromatic carbocycles. The largest absolute Gasteiger partial charge is 0.396 e. The molecule has 0 saturated carbocycles. The zero-order chi connectivity index (χ0) is 36.8. The highest BCUT2D eigenvalue weighted by Crippen LogP contribution is 2.54. The van der Waals surface area contributed by atoms with Crippen LogP contribution in [-0.4, -0.2) is 139 Å². The van der Waals surface area contributed by atoms with Gasteiger partial charge in [-0.15, -0.1) is 0 Å². The molecule has 0 aromatic heterocycles.